The maximum Gasteiger partial charge on any atom is 0.249 e. The predicted octanol–water partition coefficient (Wildman–Crippen LogP) is 1.41. The summed E-state index contributed by atoms with van der Waals surface area (Å²) in [4.78, 5) is 23.1. The van der Waals surface area contributed by atoms with Gasteiger partial charge in [-0.15, -0.1) is 0 Å². The second-order valence-electron chi connectivity index (χ2n) is 4.30. The van der Waals surface area contributed by atoms with Gasteiger partial charge in [0, 0.05) is 22.2 Å². The quantitative estimate of drug-likeness (QED) is 0.643. The van der Waals surface area contributed by atoms with Crippen molar-refractivity contribution in [2.75, 3.05) is 0 Å². The van der Waals surface area contributed by atoms with E-state index in [4.69, 9.17) is 0 Å². The van der Waals surface area contributed by atoms with Gasteiger partial charge in [-0.25, -0.2) is 10.9 Å². The van der Waals surface area contributed by atoms with Gasteiger partial charge in [-0.2, -0.15) is 10.2 Å². The van der Waals surface area contributed by atoms with Crippen molar-refractivity contribution in [2.45, 2.75) is 13.3 Å². The minimum absolute atomic E-state index is 0.0362. The van der Waals surface area contributed by atoms with Gasteiger partial charge in [0.2, 0.25) is 11.8 Å². The zero-order valence-corrected chi connectivity index (χ0v) is 12.3. The maximum atomic E-state index is 11.7. The van der Waals surface area contributed by atoms with Crippen LogP contribution in [-0.2, 0) is 9.59 Å². The number of nitrogens with zero attached hydrogens (tertiary/aromatic N) is 2. The lowest BCUT2D eigenvalue weighted by Gasteiger charge is -2.05. The molecule has 0 saturated heterocycles. The Labute approximate surface area is 124 Å². The van der Waals surface area contributed by atoms with Crippen LogP contribution in [-0.4, -0.2) is 23.7 Å². The first kappa shape index (κ1) is 14.4. The molecule has 0 aliphatic carbocycles. The smallest absolute Gasteiger partial charge is 0.249 e. The van der Waals surface area contributed by atoms with Crippen molar-refractivity contribution in [3.05, 3.63) is 34.3 Å². The highest BCUT2D eigenvalue weighted by Crippen LogP contribution is 2.13. The molecule has 2 amide bonds. The average molecular weight is 337 g/mol. The highest BCUT2D eigenvalue weighted by Gasteiger charge is 2.28. The standard InChI is InChI=1S/C13H13BrN4O2/c1-8-10(13(20)18-16-8)6-12(19)17-15-7-9-4-2-3-5-11(9)14/h2-5,7,10H,6H2,1H3,(H,17,19)(H,18,20). The van der Waals surface area contributed by atoms with E-state index >= 15 is 0 Å². The van der Waals surface area contributed by atoms with E-state index < -0.39 is 5.92 Å². The molecule has 0 saturated carbocycles. The summed E-state index contributed by atoms with van der Waals surface area (Å²) >= 11 is 3.38. The number of amides is 2. The fourth-order valence-electron chi connectivity index (χ4n) is 1.71. The Kier molecular flexibility index (Phi) is 4.62. The summed E-state index contributed by atoms with van der Waals surface area (Å²) in [7, 11) is 0. The van der Waals surface area contributed by atoms with Gasteiger partial charge in [-0.3, -0.25) is 9.59 Å². The van der Waals surface area contributed by atoms with Crippen LogP contribution in [0.25, 0.3) is 0 Å². The zero-order valence-electron chi connectivity index (χ0n) is 10.8. The minimum atomic E-state index is -0.506. The summed E-state index contributed by atoms with van der Waals surface area (Å²) in [6.45, 7) is 1.71. The van der Waals surface area contributed by atoms with Crippen LogP contribution in [0.15, 0.2) is 38.9 Å². The monoisotopic (exact) mass is 336 g/mol. The summed E-state index contributed by atoms with van der Waals surface area (Å²) in [5, 5.41) is 7.65. The van der Waals surface area contributed by atoms with Crippen LogP contribution in [0.2, 0.25) is 0 Å². The van der Waals surface area contributed by atoms with Crippen molar-refractivity contribution in [1.29, 1.82) is 0 Å². The van der Waals surface area contributed by atoms with Gasteiger partial charge < -0.3 is 0 Å². The Bertz CT molecular complexity index is 598. The molecule has 6 nitrogen and oxygen atoms in total. The van der Waals surface area contributed by atoms with Crippen molar-refractivity contribution in [3.8, 4) is 0 Å². The third-order valence-corrected chi connectivity index (χ3v) is 3.57. The summed E-state index contributed by atoms with van der Waals surface area (Å²) < 4.78 is 0.885. The second kappa shape index (κ2) is 6.42. The van der Waals surface area contributed by atoms with Crippen LogP contribution >= 0.6 is 15.9 Å². The molecule has 20 heavy (non-hydrogen) atoms. The number of halogens is 1. The number of benzene rings is 1. The maximum absolute atomic E-state index is 11.7. The van der Waals surface area contributed by atoms with Crippen LogP contribution in [0.1, 0.15) is 18.9 Å². The van der Waals surface area contributed by atoms with Gasteiger partial charge in [0.1, 0.15) is 0 Å². The van der Waals surface area contributed by atoms with Crippen molar-refractivity contribution >= 4 is 39.7 Å². The summed E-state index contributed by atoms with van der Waals surface area (Å²) in [5.74, 6) is -1.09. The first-order valence-electron chi connectivity index (χ1n) is 5.98. The van der Waals surface area contributed by atoms with E-state index in [1.54, 1.807) is 6.92 Å². The van der Waals surface area contributed by atoms with Gasteiger partial charge in [0.05, 0.1) is 12.1 Å². The predicted molar refractivity (Wildman–Crippen MR) is 79.2 cm³/mol. The molecule has 2 N–H and O–H groups in total. The molecule has 1 aromatic carbocycles. The van der Waals surface area contributed by atoms with Crippen LogP contribution in [0.3, 0.4) is 0 Å². The van der Waals surface area contributed by atoms with E-state index in [2.05, 4.69) is 37.0 Å². The Morgan fingerprint density at radius 3 is 2.95 bits per heavy atom. The molecular formula is C13H13BrN4O2. The molecule has 7 heteroatoms. The van der Waals surface area contributed by atoms with E-state index in [0.29, 0.717) is 5.71 Å². The summed E-state index contributed by atoms with van der Waals surface area (Å²) in [5.41, 5.74) is 6.20. The Balaban J connectivity index is 1.88. The third kappa shape index (κ3) is 3.51. The molecule has 2 rings (SSSR count). The highest BCUT2D eigenvalue weighted by molar-refractivity contribution is 9.10. The lowest BCUT2D eigenvalue weighted by molar-refractivity contribution is -0.127. The van der Waals surface area contributed by atoms with Gasteiger partial charge in [0.25, 0.3) is 0 Å². The van der Waals surface area contributed by atoms with Crippen molar-refractivity contribution in [3.63, 3.8) is 0 Å². The number of carbonyl (C=O) groups is 2. The van der Waals surface area contributed by atoms with E-state index in [0.717, 1.165) is 10.0 Å². The molecule has 1 aromatic rings. The molecule has 0 radical (unpaired) electrons. The zero-order chi connectivity index (χ0) is 14.5. The topological polar surface area (TPSA) is 82.9 Å². The number of hydrogen-bond donors (Lipinski definition) is 2. The van der Waals surface area contributed by atoms with E-state index in [9.17, 15) is 9.59 Å². The molecule has 1 heterocycles. The number of hydrazone groups is 2. The molecule has 1 aliphatic heterocycles. The molecular weight excluding hydrogens is 324 g/mol. The number of hydrogen-bond acceptors (Lipinski definition) is 4. The largest absolute Gasteiger partial charge is 0.273 e. The summed E-state index contributed by atoms with van der Waals surface area (Å²) in [6.07, 6.45) is 1.58. The van der Waals surface area contributed by atoms with Gasteiger partial charge in [-0.1, -0.05) is 34.1 Å². The molecule has 0 fully saturated rings. The fraction of sp³-hybridized carbons (Fsp3) is 0.231. The van der Waals surface area contributed by atoms with Crippen LogP contribution < -0.4 is 10.9 Å². The molecule has 104 valence electrons. The normalized spacial score (nSPS) is 18.0. The Morgan fingerprint density at radius 1 is 1.55 bits per heavy atom. The number of nitrogens with one attached hydrogen (secondary N) is 2. The van der Waals surface area contributed by atoms with Crippen LogP contribution in [0, 0.1) is 5.92 Å². The first-order valence-corrected chi connectivity index (χ1v) is 6.77. The van der Waals surface area contributed by atoms with Crippen molar-refractivity contribution in [1.82, 2.24) is 10.9 Å². The van der Waals surface area contributed by atoms with E-state index in [1.807, 2.05) is 24.3 Å². The van der Waals surface area contributed by atoms with Gasteiger partial charge >= 0.3 is 0 Å². The minimum Gasteiger partial charge on any atom is -0.273 e. The lowest BCUT2D eigenvalue weighted by atomic mass is 10.0. The lowest BCUT2D eigenvalue weighted by Crippen LogP contribution is -2.29. The highest BCUT2D eigenvalue weighted by atomic mass is 79.9. The molecule has 1 atom stereocenters. The Morgan fingerprint density at radius 2 is 2.30 bits per heavy atom. The third-order valence-electron chi connectivity index (χ3n) is 2.85. The Hall–Kier alpha value is -2.02. The fourth-order valence-corrected chi connectivity index (χ4v) is 2.10. The molecule has 1 unspecified atom stereocenters. The number of carbonyl (C=O) groups excluding carboxylic acids is 2. The number of rotatable bonds is 4. The van der Waals surface area contributed by atoms with Crippen LogP contribution in [0.4, 0.5) is 0 Å². The van der Waals surface area contributed by atoms with E-state index in [1.165, 1.54) is 6.21 Å². The van der Waals surface area contributed by atoms with E-state index in [-0.39, 0.29) is 18.2 Å². The van der Waals surface area contributed by atoms with Gasteiger partial charge in [-0.05, 0) is 13.0 Å². The molecule has 1 aliphatic rings. The molecule has 0 bridgehead atoms. The SMILES string of the molecule is CC1=NNC(=O)C1CC(=O)NN=Cc1ccccc1Br. The molecule has 0 spiro atoms. The van der Waals surface area contributed by atoms with Gasteiger partial charge in [0.15, 0.2) is 0 Å². The summed E-state index contributed by atoms with van der Waals surface area (Å²) in [6, 6.07) is 7.50. The molecule has 0 aromatic heterocycles. The van der Waals surface area contributed by atoms with Crippen molar-refractivity contribution in [2.24, 2.45) is 16.1 Å². The average Bonchev–Trinajstić information content (AvgIpc) is 2.73. The second-order valence-corrected chi connectivity index (χ2v) is 5.15. The van der Waals surface area contributed by atoms with Crippen LogP contribution in [0.5, 0.6) is 0 Å². The van der Waals surface area contributed by atoms with Crippen molar-refractivity contribution < 1.29 is 9.59 Å². The first-order chi connectivity index (χ1) is 9.58.